The van der Waals surface area contributed by atoms with Gasteiger partial charge in [-0.2, -0.15) is 0 Å². The van der Waals surface area contributed by atoms with Gasteiger partial charge in [0.25, 0.3) is 5.91 Å². The number of halogens is 1. The summed E-state index contributed by atoms with van der Waals surface area (Å²) in [4.78, 5) is 13.3. The van der Waals surface area contributed by atoms with E-state index in [0.717, 1.165) is 15.7 Å². The number of hydrogen-bond acceptors (Lipinski definition) is 1. The third-order valence-electron chi connectivity index (χ3n) is 1.91. The van der Waals surface area contributed by atoms with Gasteiger partial charge in [0.15, 0.2) is 0 Å². The zero-order valence-corrected chi connectivity index (χ0v) is 9.91. The van der Waals surface area contributed by atoms with E-state index in [2.05, 4.69) is 22.6 Å². The number of benzene rings is 1. The molecule has 0 aromatic heterocycles. The van der Waals surface area contributed by atoms with Crippen molar-refractivity contribution in [3.05, 3.63) is 33.4 Å². The minimum Gasteiger partial charge on any atom is -0.342 e. The highest BCUT2D eigenvalue weighted by molar-refractivity contribution is 14.1. The van der Waals surface area contributed by atoms with E-state index in [-0.39, 0.29) is 5.91 Å². The molecule has 0 fully saturated rings. The second-order valence-corrected chi connectivity index (χ2v) is 4.07. The zero-order valence-electron chi connectivity index (χ0n) is 7.75. The molecule has 1 aromatic carbocycles. The Morgan fingerprint density at radius 1 is 1.38 bits per heavy atom. The summed E-state index contributed by atoms with van der Waals surface area (Å²) in [6, 6.07) is 7.60. The van der Waals surface area contributed by atoms with Crippen LogP contribution < -0.4 is 0 Å². The predicted octanol–water partition coefficient (Wildman–Crippen LogP) is 2.38. The summed E-state index contributed by atoms with van der Waals surface area (Å²) >= 11 is 2.22. The smallest absolute Gasteiger partial charge is 0.253 e. The molecule has 0 heterocycles. The lowest BCUT2D eigenvalue weighted by molar-refractivity contribution is 0.0802. The predicted molar refractivity (Wildman–Crippen MR) is 61.8 cm³/mol. The Kier molecular flexibility index (Phi) is 3.71. The Morgan fingerprint density at radius 2 is 1.92 bits per heavy atom. The Morgan fingerprint density at radius 3 is 2.38 bits per heavy atom. The number of nitrogens with zero attached hydrogens (tertiary/aromatic N) is 1. The molecule has 0 saturated heterocycles. The van der Waals surface area contributed by atoms with Crippen LogP contribution in [-0.2, 0) is 0 Å². The van der Waals surface area contributed by atoms with Gasteiger partial charge in [-0.15, -0.1) is 0 Å². The van der Waals surface area contributed by atoms with E-state index in [1.807, 2.05) is 31.2 Å². The fourth-order valence-electron chi connectivity index (χ4n) is 0.956. The van der Waals surface area contributed by atoms with Gasteiger partial charge >= 0.3 is 0 Å². The Hall–Kier alpha value is -0.580. The van der Waals surface area contributed by atoms with Gasteiger partial charge in [0.2, 0.25) is 0 Å². The molecule has 3 heteroatoms. The maximum atomic E-state index is 11.6. The molecule has 1 rings (SSSR count). The maximum Gasteiger partial charge on any atom is 0.253 e. The summed E-state index contributed by atoms with van der Waals surface area (Å²) in [5.74, 6) is 0.0823. The van der Waals surface area contributed by atoms with E-state index in [1.165, 1.54) is 0 Å². The van der Waals surface area contributed by atoms with Gasteiger partial charge in [-0.1, -0.05) is 0 Å². The highest BCUT2D eigenvalue weighted by atomic mass is 127. The summed E-state index contributed by atoms with van der Waals surface area (Å²) < 4.78 is 1.15. The first-order chi connectivity index (χ1) is 6.15. The topological polar surface area (TPSA) is 20.3 Å². The van der Waals surface area contributed by atoms with Crippen molar-refractivity contribution in [2.75, 3.05) is 13.6 Å². The molecule has 0 N–H and O–H groups in total. The molecule has 0 spiro atoms. The van der Waals surface area contributed by atoms with Crippen molar-refractivity contribution in [1.29, 1.82) is 0 Å². The van der Waals surface area contributed by atoms with Crippen molar-refractivity contribution in [1.82, 2.24) is 4.90 Å². The summed E-state index contributed by atoms with van der Waals surface area (Å²) in [5.41, 5.74) is 0.754. The van der Waals surface area contributed by atoms with Gasteiger partial charge in [0.1, 0.15) is 0 Å². The van der Waals surface area contributed by atoms with Crippen molar-refractivity contribution in [2.45, 2.75) is 6.92 Å². The lowest BCUT2D eigenvalue weighted by atomic mass is 10.2. The first kappa shape index (κ1) is 10.5. The summed E-state index contributed by atoms with van der Waals surface area (Å²) in [5, 5.41) is 0. The van der Waals surface area contributed by atoms with E-state index in [1.54, 1.807) is 11.9 Å². The minimum atomic E-state index is 0.0823. The monoisotopic (exact) mass is 289 g/mol. The van der Waals surface area contributed by atoms with Gasteiger partial charge in [-0.05, 0) is 53.8 Å². The molecule has 0 saturated carbocycles. The van der Waals surface area contributed by atoms with Crippen LogP contribution in [0.4, 0.5) is 0 Å². The maximum absolute atomic E-state index is 11.6. The molecule has 0 atom stereocenters. The summed E-state index contributed by atoms with van der Waals surface area (Å²) in [7, 11) is 1.81. The van der Waals surface area contributed by atoms with E-state index in [4.69, 9.17) is 0 Å². The molecular formula is C10H12INO. The van der Waals surface area contributed by atoms with Crippen LogP contribution in [0.15, 0.2) is 24.3 Å². The fraction of sp³-hybridized carbons (Fsp3) is 0.300. The molecule has 0 aliphatic carbocycles. The largest absolute Gasteiger partial charge is 0.342 e. The van der Waals surface area contributed by atoms with Crippen LogP contribution in [0, 0.1) is 3.57 Å². The van der Waals surface area contributed by atoms with Crippen LogP contribution in [0.3, 0.4) is 0 Å². The summed E-state index contributed by atoms with van der Waals surface area (Å²) in [6.45, 7) is 2.70. The van der Waals surface area contributed by atoms with Gasteiger partial charge in [-0.3, -0.25) is 4.79 Å². The third-order valence-corrected chi connectivity index (χ3v) is 2.63. The standard InChI is InChI=1S/C10H12INO/c1-3-12(2)10(13)8-4-6-9(11)7-5-8/h4-7H,3H2,1-2H3. The fourth-order valence-corrected chi connectivity index (χ4v) is 1.32. The molecular weight excluding hydrogens is 277 g/mol. The van der Waals surface area contributed by atoms with E-state index >= 15 is 0 Å². The van der Waals surface area contributed by atoms with Crippen LogP contribution in [0.25, 0.3) is 0 Å². The average Bonchev–Trinajstić information content (AvgIpc) is 2.17. The molecule has 0 unspecified atom stereocenters. The number of hydrogen-bond donors (Lipinski definition) is 0. The molecule has 0 bridgehead atoms. The average molecular weight is 289 g/mol. The van der Waals surface area contributed by atoms with Crippen LogP contribution in [0.1, 0.15) is 17.3 Å². The number of carbonyl (C=O) groups excluding carboxylic acids is 1. The summed E-state index contributed by atoms with van der Waals surface area (Å²) in [6.07, 6.45) is 0. The lowest BCUT2D eigenvalue weighted by Crippen LogP contribution is -2.26. The van der Waals surface area contributed by atoms with Crippen LogP contribution in [0.2, 0.25) is 0 Å². The Balaban J connectivity index is 2.83. The lowest BCUT2D eigenvalue weighted by Gasteiger charge is -2.13. The molecule has 0 aliphatic heterocycles. The molecule has 0 aliphatic rings. The molecule has 2 nitrogen and oxygen atoms in total. The molecule has 70 valence electrons. The number of carbonyl (C=O) groups is 1. The minimum absolute atomic E-state index is 0.0823. The molecule has 1 aromatic rings. The second-order valence-electron chi connectivity index (χ2n) is 2.83. The van der Waals surface area contributed by atoms with Crippen molar-refractivity contribution < 1.29 is 4.79 Å². The van der Waals surface area contributed by atoms with Crippen molar-refractivity contribution in [2.24, 2.45) is 0 Å². The van der Waals surface area contributed by atoms with Crippen LogP contribution >= 0.6 is 22.6 Å². The Labute approximate surface area is 92.1 Å². The van der Waals surface area contributed by atoms with Crippen molar-refractivity contribution in [3.8, 4) is 0 Å². The highest BCUT2D eigenvalue weighted by Crippen LogP contribution is 2.08. The van der Waals surface area contributed by atoms with Gasteiger partial charge in [0, 0.05) is 22.7 Å². The SMILES string of the molecule is CCN(C)C(=O)c1ccc(I)cc1. The van der Waals surface area contributed by atoms with Crippen LogP contribution in [-0.4, -0.2) is 24.4 Å². The van der Waals surface area contributed by atoms with Crippen molar-refractivity contribution in [3.63, 3.8) is 0 Å². The van der Waals surface area contributed by atoms with E-state index in [9.17, 15) is 4.79 Å². The highest BCUT2D eigenvalue weighted by Gasteiger charge is 2.08. The van der Waals surface area contributed by atoms with Gasteiger partial charge in [-0.25, -0.2) is 0 Å². The van der Waals surface area contributed by atoms with Gasteiger partial charge in [0.05, 0.1) is 0 Å². The second kappa shape index (κ2) is 4.60. The van der Waals surface area contributed by atoms with Gasteiger partial charge < -0.3 is 4.90 Å². The molecule has 0 radical (unpaired) electrons. The van der Waals surface area contributed by atoms with E-state index < -0.39 is 0 Å². The quantitative estimate of drug-likeness (QED) is 0.765. The first-order valence-electron chi connectivity index (χ1n) is 4.16. The number of rotatable bonds is 2. The first-order valence-corrected chi connectivity index (χ1v) is 5.24. The van der Waals surface area contributed by atoms with E-state index in [0.29, 0.717) is 0 Å². The normalized spacial score (nSPS) is 9.77. The van der Waals surface area contributed by atoms with Crippen LogP contribution in [0.5, 0.6) is 0 Å². The zero-order chi connectivity index (χ0) is 9.84. The number of amides is 1. The Bertz CT molecular complexity index is 294. The third kappa shape index (κ3) is 2.69. The molecule has 1 amide bonds. The van der Waals surface area contributed by atoms with Crippen molar-refractivity contribution >= 4 is 28.5 Å². The molecule has 13 heavy (non-hydrogen) atoms.